The van der Waals surface area contributed by atoms with Gasteiger partial charge in [0.25, 0.3) is 11.6 Å². The number of amides is 1. The van der Waals surface area contributed by atoms with Crippen molar-refractivity contribution in [2.24, 2.45) is 11.8 Å². The Kier molecular flexibility index (Phi) is 7.19. The number of piperidine rings is 1. The van der Waals surface area contributed by atoms with E-state index in [0.717, 1.165) is 18.6 Å². The van der Waals surface area contributed by atoms with Crippen molar-refractivity contribution in [3.8, 4) is 0 Å². The number of hydrogen-bond acceptors (Lipinski definition) is 6. The molecule has 2 aromatic rings. The molecule has 11 heteroatoms. The van der Waals surface area contributed by atoms with Gasteiger partial charge in [-0.1, -0.05) is 13.8 Å². The fraction of sp³-hybridized carbons (Fsp3) is 0.364. The van der Waals surface area contributed by atoms with E-state index in [2.05, 4.69) is 13.8 Å². The Morgan fingerprint density at radius 3 is 2.42 bits per heavy atom. The molecular formula is C22H22F3N3O5. The topological polar surface area (TPSA) is 102 Å². The summed E-state index contributed by atoms with van der Waals surface area (Å²) in [5.74, 6) is -6.07. The molecule has 176 valence electrons. The Morgan fingerprint density at radius 2 is 1.79 bits per heavy atom. The first kappa shape index (κ1) is 24.0. The van der Waals surface area contributed by atoms with Crippen molar-refractivity contribution in [3.05, 3.63) is 63.5 Å². The third-order valence-corrected chi connectivity index (χ3v) is 5.26. The third kappa shape index (κ3) is 5.60. The summed E-state index contributed by atoms with van der Waals surface area (Å²) in [4.78, 5) is 37.2. The lowest BCUT2D eigenvalue weighted by atomic mass is 9.91. The fourth-order valence-corrected chi connectivity index (χ4v) is 3.95. The zero-order chi connectivity index (χ0) is 24.3. The standard InChI is InChI=1S/C22H22F3N3O5/c1-12-7-13(2)10-27(9-12)17-6-3-14(8-18(17)28(31)32)22(30)33-11-19(29)26-16-5-4-15(23)20(24)21(16)25/h3-6,8,12-13H,7,9-11H2,1-2H3,(H,26,29)/t12-,13+. The van der Waals surface area contributed by atoms with Gasteiger partial charge in [0.05, 0.1) is 16.2 Å². The summed E-state index contributed by atoms with van der Waals surface area (Å²) in [6.45, 7) is 4.56. The van der Waals surface area contributed by atoms with Crippen LogP contribution in [0, 0.1) is 39.4 Å². The number of nitro benzene ring substituents is 1. The van der Waals surface area contributed by atoms with E-state index >= 15 is 0 Å². The maximum absolute atomic E-state index is 13.6. The highest BCUT2D eigenvalue weighted by atomic mass is 19.2. The van der Waals surface area contributed by atoms with Crippen LogP contribution in [-0.4, -0.2) is 36.5 Å². The summed E-state index contributed by atoms with van der Waals surface area (Å²) >= 11 is 0. The molecule has 0 unspecified atom stereocenters. The highest BCUT2D eigenvalue weighted by molar-refractivity contribution is 5.96. The lowest BCUT2D eigenvalue weighted by molar-refractivity contribution is -0.384. The van der Waals surface area contributed by atoms with Gasteiger partial charge in [-0.15, -0.1) is 0 Å². The molecule has 0 radical (unpaired) electrons. The van der Waals surface area contributed by atoms with E-state index in [9.17, 15) is 32.9 Å². The molecule has 1 aliphatic heterocycles. The molecule has 1 heterocycles. The second-order valence-electron chi connectivity index (χ2n) is 8.16. The molecule has 1 aliphatic rings. The molecule has 1 amide bonds. The number of halogens is 3. The Bertz CT molecular complexity index is 1090. The number of carbonyl (C=O) groups is 2. The summed E-state index contributed by atoms with van der Waals surface area (Å²) in [6, 6.07) is 5.36. The number of esters is 1. The fourth-order valence-electron chi connectivity index (χ4n) is 3.95. The van der Waals surface area contributed by atoms with Gasteiger partial charge in [-0.05, 0) is 42.5 Å². The van der Waals surface area contributed by atoms with E-state index in [-0.39, 0.29) is 11.3 Å². The molecule has 0 aromatic heterocycles. The predicted octanol–water partition coefficient (Wildman–Crippen LogP) is 4.29. The quantitative estimate of drug-likeness (QED) is 0.296. The van der Waals surface area contributed by atoms with Gasteiger partial charge in [0.15, 0.2) is 24.1 Å². The molecule has 1 fully saturated rings. The minimum atomic E-state index is -1.75. The number of nitrogens with zero attached hydrogens (tertiary/aromatic N) is 2. The maximum atomic E-state index is 13.6. The highest BCUT2D eigenvalue weighted by Crippen LogP contribution is 2.34. The highest BCUT2D eigenvalue weighted by Gasteiger charge is 2.28. The predicted molar refractivity (Wildman–Crippen MR) is 113 cm³/mol. The molecule has 0 bridgehead atoms. The zero-order valence-corrected chi connectivity index (χ0v) is 17.9. The Morgan fingerprint density at radius 1 is 1.12 bits per heavy atom. The Hall–Kier alpha value is -3.63. The average molecular weight is 465 g/mol. The SMILES string of the molecule is C[C@@H]1C[C@H](C)CN(c2ccc(C(=O)OCC(=O)Nc3ccc(F)c(F)c3F)cc2[N+](=O)[O-])C1. The van der Waals surface area contributed by atoms with Gasteiger partial charge in [-0.25, -0.2) is 18.0 Å². The third-order valence-electron chi connectivity index (χ3n) is 5.26. The summed E-state index contributed by atoms with van der Waals surface area (Å²) in [6.07, 6.45) is 1.02. The van der Waals surface area contributed by atoms with Crippen molar-refractivity contribution in [1.82, 2.24) is 0 Å². The van der Waals surface area contributed by atoms with Crippen LogP contribution < -0.4 is 10.2 Å². The Balaban J connectivity index is 1.68. The van der Waals surface area contributed by atoms with Crippen LogP contribution in [0.2, 0.25) is 0 Å². The molecule has 33 heavy (non-hydrogen) atoms. The van der Waals surface area contributed by atoms with Gasteiger partial charge in [0, 0.05) is 19.2 Å². The molecule has 1 saturated heterocycles. The van der Waals surface area contributed by atoms with Crippen molar-refractivity contribution < 1.29 is 32.4 Å². The van der Waals surface area contributed by atoms with Gasteiger partial charge < -0.3 is 15.0 Å². The monoisotopic (exact) mass is 465 g/mol. The van der Waals surface area contributed by atoms with Crippen LogP contribution in [0.15, 0.2) is 30.3 Å². The minimum absolute atomic E-state index is 0.143. The van der Waals surface area contributed by atoms with Crippen molar-refractivity contribution in [2.75, 3.05) is 29.9 Å². The first-order chi connectivity index (χ1) is 15.6. The number of rotatable bonds is 6. The lowest BCUT2D eigenvalue weighted by Crippen LogP contribution is -2.39. The number of nitrogens with one attached hydrogen (secondary N) is 1. The van der Waals surface area contributed by atoms with Crippen LogP contribution in [-0.2, 0) is 9.53 Å². The van der Waals surface area contributed by atoms with Crippen LogP contribution in [0.4, 0.5) is 30.2 Å². The van der Waals surface area contributed by atoms with Crippen LogP contribution in [0.3, 0.4) is 0 Å². The Labute approximate surface area is 187 Å². The van der Waals surface area contributed by atoms with Crippen molar-refractivity contribution in [2.45, 2.75) is 20.3 Å². The second kappa shape index (κ2) is 9.88. The molecule has 3 rings (SSSR count). The van der Waals surface area contributed by atoms with Crippen LogP contribution in [0.5, 0.6) is 0 Å². The lowest BCUT2D eigenvalue weighted by Gasteiger charge is -2.36. The second-order valence-corrected chi connectivity index (χ2v) is 8.16. The van der Waals surface area contributed by atoms with Gasteiger partial charge in [0.1, 0.15) is 5.69 Å². The molecule has 1 N–H and O–H groups in total. The molecule has 0 saturated carbocycles. The molecule has 0 aliphatic carbocycles. The van der Waals surface area contributed by atoms with E-state index in [4.69, 9.17) is 4.74 Å². The van der Waals surface area contributed by atoms with Gasteiger partial charge in [-0.2, -0.15) is 0 Å². The van der Waals surface area contributed by atoms with E-state index in [1.807, 2.05) is 10.2 Å². The zero-order valence-electron chi connectivity index (χ0n) is 17.9. The summed E-state index contributed by atoms with van der Waals surface area (Å²) in [5.41, 5.74) is -0.643. The van der Waals surface area contributed by atoms with Crippen LogP contribution in [0.25, 0.3) is 0 Å². The number of ether oxygens (including phenoxy) is 1. The molecule has 2 aromatic carbocycles. The number of nitro groups is 1. The minimum Gasteiger partial charge on any atom is -0.452 e. The molecule has 8 nitrogen and oxygen atoms in total. The number of benzene rings is 2. The molecular weight excluding hydrogens is 443 g/mol. The van der Waals surface area contributed by atoms with E-state index in [1.54, 1.807) is 0 Å². The van der Waals surface area contributed by atoms with E-state index < -0.39 is 46.5 Å². The van der Waals surface area contributed by atoms with Gasteiger partial charge >= 0.3 is 5.97 Å². The smallest absolute Gasteiger partial charge is 0.338 e. The summed E-state index contributed by atoms with van der Waals surface area (Å²) in [7, 11) is 0. The van der Waals surface area contributed by atoms with Crippen molar-refractivity contribution in [1.29, 1.82) is 0 Å². The largest absolute Gasteiger partial charge is 0.452 e. The van der Waals surface area contributed by atoms with Crippen molar-refractivity contribution >= 4 is 28.9 Å². The maximum Gasteiger partial charge on any atom is 0.338 e. The van der Waals surface area contributed by atoms with E-state index in [0.29, 0.717) is 36.7 Å². The summed E-state index contributed by atoms with van der Waals surface area (Å²) in [5, 5.41) is 13.6. The molecule has 0 spiro atoms. The van der Waals surface area contributed by atoms with Gasteiger partial charge in [-0.3, -0.25) is 14.9 Å². The summed E-state index contributed by atoms with van der Waals surface area (Å²) < 4.78 is 44.7. The van der Waals surface area contributed by atoms with E-state index in [1.165, 1.54) is 12.1 Å². The van der Waals surface area contributed by atoms with Crippen molar-refractivity contribution in [3.63, 3.8) is 0 Å². The van der Waals surface area contributed by atoms with Gasteiger partial charge in [0.2, 0.25) is 0 Å². The normalized spacial score (nSPS) is 18.0. The average Bonchev–Trinajstić information content (AvgIpc) is 2.76. The molecule has 2 atom stereocenters. The van der Waals surface area contributed by atoms with Crippen LogP contribution >= 0.6 is 0 Å². The number of hydrogen-bond donors (Lipinski definition) is 1. The van der Waals surface area contributed by atoms with Crippen LogP contribution in [0.1, 0.15) is 30.6 Å². The number of anilines is 2. The first-order valence-electron chi connectivity index (χ1n) is 10.2. The first-order valence-corrected chi connectivity index (χ1v) is 10.2. The number of carbonyl (C=O) groups excluding carboxylic acids is 2.